The number of nitrogens with zero attached hydrogens (tertiary/aromatic N) is 1. The maximum absolute atomic E-state index is 5.52. The molecule has 102 valence electrons. The number of hydrogen-bond donors (Lipinski definition) is 1. The molecule has 1 saturated heterocycles. The van der Waals surface area contributed by atoms with Gasteiger partial charge in [-0.25, -0.2) is 0 Å². The molecule has 0 amide bonds. The molecule has 0 bridgehead atoms. The Balaban J connectivity index is 2.38. The first-order valence-corrected chi connectivity index (χ1v) is 7.13. The third-order valence-corrected chi connectivity index (χ3v) is 3.38. The van der Waals surface area contributed by atoms with Crippen LogP contribution in [0.1, 0.15) is 33.6 Å². The summed E-state index contributed by atoms with van der Waals surface area (Å²) in [6, 6.07) is 0.598. The highest BCUT2D eigenvalue weighted by Crippen LogP contribution is 2.17. The zero-order chi connectivity index (χ0) is 12.7. The van der Waals surface area contributed by atoms with Crippen molar-refractivity contribution in [3.8, 4) is 0 Å². The van der Waals surface area contributed by atoms with Gasteiger partial charge in [0.1, 0.15) is 0 Å². The van der Waals surface area contributed by atoms with Gasteiger partial charge in [0.05, 0.1) is 6.61 Å². The Kier molecular flexibility index (Phi) is 7.09. The molecule has 0 spiro atoms. The third kappa shape index (κ3) is 5.84. The van der Waals surface area contributed by atoms with Crippen molar-refractivity contribution in [1.82, 2.24) is 10.2 Å². The van der Waals surface area contributed by atoms with Crippen molar-refractivity contribution < 1.29 is 4.74 Å². The molecule has 3 heteroatoms. The molecule has 1 aliphatic rings. The van der Waals surface area contributed by atoms with Crippen LogP contribution in [0.2, 0.25) is 0 Å². The summed E-state index contributed by atoms with van der Waals surface area (Å²) in [6.07, 6.45) is 2.43. The molecule has 0 aromatic carbocycles. The predicted molar refractivity (Wildman–Crippen MR) is 73.3 cm³/mol. The van der Waals surface area contributed by atoms with E-state index in [1.54, 1.807) is 0 Å². The highest BCUT2D eigenvalue weighted by molar-refractivity contribution is 4.81. The van der Waals surface area contributed by atoms with Crippen molar-refractivity contribution in [3.05, 3.63) is 0 Å². The molecule has 1 aliphatic heterocycles. The van der Waals surface area contributed by atoms with Crippen LogP contribution in [0.4, 0.5) is 0 Å². The molecule has 1 heterocycles. The van der Waals surface area contributed by atoms with Crippen molar-refractivity contribution in [2.24, 2.45) is 11.8 Å². The molecule has 0 aliphatic carbocycles. The molecule has 2 unspecified atom stereocenters. The van der Waals surface area contributed by atoms with Crippen LogP contribution in [0.5, 0.6) is 0 Å². The first-order chi connectivity index (χ1) is 8.13. The van der Waals surface area contributed by atoms with Crippen LogP contribution >= 0.6 is 0 Å². The maximum Gasteiger partial charge on any atom is 0.0510 e. The Hall–Kier alpha value is -0.120. The van der Waals surface area contributed by atoms with Gasteiger partial charge in [-0.3, -0.25) is 0 Å². The fraction of sp³-hybridized carbons (Fsp3) is 1.00. The predicted octanol–water partition coefficient (Wildman–Crippen LogP) is 1.98. The molecule has 17 heavy (non-hydrogen) atoms. The highest BCUT2D eigenvalue weighted by atomic mass is 16.5. The van der Waals surface area contributed by atoms with E-state index in [0.29, 0.717) is 12.0 Å². The van der Waals surface area contributed by atoms with E-state index in [-0.39, 0.29) is 0 Å². The third-order valence-electron chi connectivity index (χ3n) is 3.38. The van der Waals surface area contributed by atoms with E-state index in [1.165, 1.54) is 19.4 Å². The Labute approximate surface area is 107 Å². The number of rotatable bonds is 8. The number of hydrogen-bond acceptors (Lipinski definition) is 3. The van der Waals surface area contributed by atoms with E-state index in [0.717, 1.165) is 32.2 Å². The monoisotopic (exact) mass is 242 g/mol. The van der Waals surface area contributed by atoms with Crippen LogP contribution in [0, 0.1) is 11.8 Å². The Morgan fingerprint density at radius 1 is 1.35 bits per heavy atom. The topological polar surface area (TPSA) is 24.5 Å². The molecule has 0 saturated carbocycles. The van der Waals surface area contributed by atoms with Crippen molar-refractivity contribution in [2.75, 3.05) is 39.9 Å². The molecule has 1 rings (SSSR count). The van der Waals surface area contributed by atoms with Gasteiger partial charge in [0.25, 0.3) is 0 Å². The zero-order valence-electron chi connectivity index (χ0n) is 12.0. The number of likely N-dealkylation sites (N-methyl/N-ethyl adjacent to an activating group) is 1. The van der Waals surface area contributed by atoms with Crippen LogP contribution in [-0.2, 0) is 4.74 Å². The molecule has 3 nitrogen and oxygen atoms in total. The summed E-state index contributed by atoms with van der Waals surface area (Å²) in [5, 5.41) is 3.69. The van der Waals surface area contributed by atoms with Crippen LogP contribution < -0.4 is 5.32 Å². The van der Waals surface area contributed by atoms with Gasteiger partial charge < -0.3 is 15.0 Å². The summed E-state index contributed by atoms with van der Waals surface area (Å²) >= 11 is 0. The summed E-state index contributed by atoms with van der Waals surface area (Å²) < 4.78 is 5.52. The Morgan fingerprint density at radius 2 is 2.12 bits per heavy atom. The van der Waals surface area contributed by atoms with Crippen molar-refractivity contribution in [1.29, 1.82) is 0 Å². The minimum absolute atomic E-state index is 0.598. The lowest BCUT2D eigenvalue weighted by molar-refractivity contribution is 0.164. The smallest absolute Gasteiger partial charge is 0.0510 e. The second kappa shape index (κ2) is 8.06. The molecule has 0 aromatic rings. The lowest BCUT2D eigenvalue weighted by atomic mass is 9.98. The van der Waals surface area contributed by atoms with Gasteiger partial charge >= 0.3 is 0 Å². The van der Waals surface area contributed by atoms with Crippen LogP contribution in [0.3, 0.4) is 0 Å². The normalized spacial score (nSPS) is 22.6. The van der Waals surface area contributed by atoms with Crippen molar-refractivity contribution in [2.45, 2.75) is 39.7 Å². The van der Waals surface area contributed by atoms with Crippen LogP contribution in [-0.4, -0.2) is 50.8 Å². The molecule has 1 N–H and O–H groups in total. The van der Waals surface area contributed by atoms with Gasteiger partial charge in [0.2, 0.25) is 0 Å². The Bertz CT molecular complexity index is 191. The first-order valence-electron chi connectivity index (χ1n) is 7.13. The minimum Gasteiger partial charge on any atom is -0.381 e. The van der Waals surface area contributed by atoms with Gasteiger partial charge in [0, 0.05) is 31.7 Å². The van der Waals surface area contributed by atoms with Gasteiger partial charge in [0.15, 0.2) is 0 Å². The molecular weight excluding hydrogens is 212 g/mol. The maximum atomic E-state index is 5.52. The second-order valence-electron chi connectivity index (χ2n) is 5.80. The summed E-state index contributed by atoms with van der Waals surface area (Å²) in [5.74, 6) is 1.45. The van der Waals surface area contributed by atoms with Gasteiger partial charge in [-0.1, -0.05) is 20.8 Å². The average Bonchev–Trinajstić information content (AvgIpc) is 2.76. The van der Waals surface area contributed by atoms with Crippen molar-refractivity contribution >= 4 is 0 Å². The summed E-state index contributed by atoms with van der Waals surface area (Å²) in [5.41, 5.74) is 0. The number of nitrogens with one attached hydrogen (secondary N) is 1. The summed E-state index contributed by atoms with van der Waals surface area (Å²) in [4.78, 5) is 2.45. The van der Waals surface area contributed by atoms with Gasteiger partial charge in [-0.05, 0) is 32.4 Å². The van der Waals surface area contributed by atoms with Gasteiger partial charge in [-0.2, -0.15) is 0 Å². The fourth-order valence-corrected chi connectivity index (χ4v) is 2.61. The highest BCUT2D eigenvalue weighted by Gasteiger charge is 2.26. The van der Waals surface area contributed by atoms with E-state index in [9.17, 15) is 0 Å². The second-order valence-corrected chi connectivity index (χ2v) is 5.80. The van der Waals surface area contributed by atoms with E-state index < -0.39 is 0 Å². The molecule has 1 fully saturated rings. The lowest BCUT2D eigenvalue weighted by Gasteiger charge is -2.29. The van der Waals surface area contributed by atoms with E-state index in [1.807, 2.05) is 0 Å². The molecular formula is C14H30N2O. The molecule has 0 aromatic heterocycles. The standard InChI is InChI=1S/C14H30N2O/c1-5-7-15-14(13-6-8-17-11-13)10-16(4)9-12(2)3/h12-15H,5-11H2,1-4H3. The fourth-order valence-electron chi connectivity index (χ4n) is 2.61. The van der Waals surface area contributed by atoms with E-state index in [2.05, 4.69) is 38.0 Å². The largest absolute Gasteiger partial charge is 0.381 e. The minimum atomic E-state index is 0.598. The van der Waals surface area contributed by atoms with E-state index in [4.69, 9.17) is 4.74 Å². The average molecular weight is 242 g/mol. The summed E-state index contributed by atoms with van der Waals surface area (Å²) in [6.45, 7) is 12.1. The van der Waals surface area contributed by atoms with E-state index >= 15 is 0 Å². The van der Waals surface area contributed by atoms with Crippen LogP contribution in [0.25, 0.3) is 0 Å². The lowest BCUT2D eigenvalue weighted by Crippen LogP contribution is -2.45. The molecule has 0 radical (unpaired) electrons. The van der Waals surface area contributed by atoms with Crippen molar-refractivity contribution in [3.63, 3.8) is 0 Å². The SMILES string of the molecule is CCCNC(CN(C)CC(C)C)C1CCOC1. The molecule has 2 atom stereocenters. The van der Waals surface area contributed by atoms with Crippen LogP contribution in [0.15, 0.2) is 0 Å². The summed E-state index contributed by atoms with van der Waals surface area (Å²) in [7, 11) is 2.23. The van der Waals surface area contributed by atoms with Gasteiger partial charge in [-0.15, -0.1) is 0 Å². The first kappa shape index (κ1) is 14.9. The zero-order valence-corrected chi connectivity index (χ0v) is 12.0. The Morgan fingerprint density at radius 3 is 2.65 bits per heavy atom. The quantitative estimate of drug-likeness (QED) is 0.704. The number of ether oxygens (including phenoxy) is 1.